The third kappa shape index (κ3) is 4.02. The van der Waals surface area contributed by atoms with Crippen molar-refractivity contribution in [3.05, 3.63) is 58.9 Å². The number of amidine groups is 1. The highest BCUT2D eigenvalue weighted by atomic mass is 35.5. The van der Waals surface area contributed by atoms with Gasteiger partial charge in [-0.25, -0.2) is 4.99 Å². The molecule has 2 heterocycles. The number of aryl methyl sites for hydroxylation is 1. The molecule has 7 heteroatoms. The van der Waals surface area contributed by atoms with E-state index < -0.39 is 0 Å². The number of rotatable bonds is 5. The fraction of sp³-hybridized carbons (Fsp3) is 0.235. The predicted octanol–water partition coefficient (Wildman–Crippen LogP) is 2.63. The lowest BCUT2D eigenvalue weighted by Gasteiger charge is -2.08. The number of nitrogens with two attached hydrogens (primary N) is 1. The number of aliphatic imine (C=N–C) groups is 1. The number of hydrogen-bond donors (Lipinski definition) is 2. The van der Waals surface area contributed by atoms with Gasteiger partial charge in [0.25, 0.3) is 11.9 Å². The summed E-state index contributed by atoms with van der Waals surface area (Å²) in [6.45, 7) is 0.548. The van der Waals surface area contributed by atoms with E-state index in [-0.39, 0.29) is 18.0 Å². The Bertz CT molecular complexity index is 761. The lowest BCUT2D eigenvalue weighted by Crippen LogP contribution is -2.12. The van der Waals surface area contributed by atoms with Gasteiger partial charge in [-0.05, 0) is 36.6 Å². The Morgan fingerprint density at radius 2 is 2.12 bits per heavy atom. The first-order valence-corrected chi connectivity index (χ1v) is 7.95. The Balaban J connectivity index is 1.56. The number of carbonyl (C=O) groups is 1. The number of carbonyl (C=O) groups excluding carboxylic acids is 1. The maximum absolute atomic E-state index is 12.2. The summed E-state index contributed by atoms with van der Waals surface area (Å²) in [6.07, 6.45) is 4.72. The molecule has 124 valence electrons. The van der Waals surface area contributed by atoms with Crippen molar-refractivity contribution in [2.75, 3.05) is 11.9 Å². The molecule has 0 saturated carbocycles. The summed E-state index contributed by atoms with van der Waals surface area (Å²) in [4.78, 5) is 20.3. The fourth-order valence-corrected chi connectivity index (χ4v) is 2.63. The van der Waals surface area contributed by atoms with Crippen molar-refractivity contribution < 1.29 is 9.53 Å². The zero-order valence-electron chi connectivity index (χ0n) is 12.9. The quantitative estimate of drug-likeness (QED) is 0.872. The zero-order chi connectivity index (χ0) is 16.9. The van der Waals surface area contributed by atoms with Gasteiger partial charge < -0.3 is 15.8 Å². The van der Waals surface area contributed by atoms with Gasteiger partial charge in [-0.3, -0.25) is 9.78 Å². The van der Waals surface area contributed by atoms with Gasteiger partial charge in [-0.2, -0.15) is 0 Å². The van der Waals surface area contributed by atoms with Gasteiger partial charge in [0.15, 0.2) is 0 Å². The zero-order valence-corrected chi connectivity index (χ0v) is 13.7. The van der Waals surface area contributed by atoms with Crippen LogP contribution in [-0.2, 0) is 11.2 Å². The normalized spacial score (nSPS) is 16.4. The van der Waals surface area contributed by atoms with E-state index in [0.717, 1.165) is 18.4 Å². The van der Waals surface area contributed by atoms with Crippen LogP contribution in [0.4, 0.5) is 5.69 Å². The van der Waals surface area contributed by atoms with E-state index in [9.17, 15) is 4.79 Å². The minimum absolute atomic E-state index is 0.123. The van der Waals surface area contributed by atoms with E-state index in [1.54, 1.807) is 6.07 Å². The molecule has 0 aliphatic carbocycles. The summed E-state index contributed by atoms with van der Waals surface area (Å²) >= 11 is 5.97. The van der Waals surface area contributed by atoms with Gasteiger partial charge in [0, 0.05) is 18.1 Å². The summed E-state index contributed by atoms with van der Waals surface area (Å²) < 4.78 is 5.13. The van der Waals surface area contributed by atoms with E-state index in [1.165, 1.54) is 12.4 Å². The molecule has 1 aromatic heterocycles. The molecular weight excluding hydrogens is 328 g/mol. The van der Waals surface area contributed by atoms with Crippen LogP contribution >= 0.6 is 11.6 Å². The molecular formula is C17H17ClN4O2. The molecule has 0 saturated heterocycles. The highest BCUT2D eigenvalue weighted by Gasteiger charge is 2.16. The van der Waals surface area contributed by atoms with Crippen molar-refractivity contribution in [1.82, 2.24) is 4.98 Å². The van der Waals surface area contributed by atoms with Gasteiger partial charge in [0.05, 0.1) is 16.6 Å². The average molecular weight is 345 g/mol. The first-order chi connectivity index (χ1) is 11.6. The largest absolute Gasteiger partial charge is 0.463 e. The average Bonchev–Trinajstić information content (AvgIpc) is 3.00. The van der Waals surface area contributed by atoms with Gasteiger partial charge >= 0.3 is 0 Å². The highest BCUT2D eigenvalue weighted by molar-refractivity contribution is 6.34. The van der Waals surface area contributed by atoms with Crippen molar-refractivity contribution >= 4 is 29.2 Å². The van der Waals surface area contributed by atoms with Crippen molar-refractivity contribution in [2.45, 2.75) is 18.9 Å². The molecule has 0 fully saturated rings. The molecule has 0 bridgehead atoms. The molecule has 1 aliphatic heterocycles. The number of nitrogens with one attached hydrogen (secondary N) is 1. The smallest absolute Gasteiger partial charge is 0.282 e. The van der Waals surface area contributed by atoms with Crippen LogP contribution in [0.5, 0.6) is 0 Å². The molecule has 24 heavy (non-hydrogen) atoms. The number of nitrogens with zero attached hydrogens (tertiary/aromatic N) is 2. The number of aromatic nitrogens is 1. The van der Waals surface area contributed by atoms with Crippen LogP contribution < -0.4 is 11.1 Å². The van der Waals surface area contributed by atoms with Gasteiger partial charge in [0.1, 0.15) is 6.61 Å². The van der Waals surface area contributed by atoms with Crippen molar-refractivity contribution in [1.29, 1.82) is 0 Å². The number of pyridine rings is 1. The number of halogens is 1. The minimum atomic E-state index is -0.261. The topological polar surface area (TPSA) is 89.6 Å². The Morgan fingerprint density at radius 3 is 2.79 bits per heavy atom. The van der Waals surface area contributed by atoms with E-state index in [1.807, 2.05) is 24.3 Å². The Hall–Kier alpha value is -2.60. The summed E-state index contributed by atoms with van der Waals surface area (Å²) in [6, 6.07) is 9.67. The van der Waals surface area contributed by atoms with Crippen LogP contribution in [0.3, 0.4) is 0 Å². The van der Waals surface area contributed by atoms with Gasteiger partial charge in [-0.1, -0.05) is 23.7 Å². The second-order valence-corrected chi connectivity index (χ2v) is 5.88. The molecule has 3 rings (SSSR count). The number of hydrogen-bond acceptors (Lipinski definition) is 5. The summed E-state index contributed by atoms with van der Waals surface area (Å²) in [5.74, 6) is -0.261. The number of anilines is 1. The molecule has 1 aliphatic rings. The molecule has 0 radical (unpaired) electrons. The van der Waals surface area contributed by atoms with Crippen molar-refractivity contribution in [3.63, 3.8) is 0 Å². The van der Waals surface area contributed by atoms with E-state index >= 15 is 0 Å². The first-order valence-electron chi connectivity index (χ1n) is 7.57. The van der Waals surface area contributed by atoms with Crippen molar-refractivity contribution in [2.24, 2.45) is 10.7 Å². The highest BCUT2D eigenvalue weighted by Crippen LogP contribution is 2.18. The lowest BCUT2D eigenvalue weighted by molar-refractivity contribution is 0.102. The Kier molecular flexibility index (Phi) is 4.96. The van der Waals surface area contributed by atoms with E-state index in [0.29, 0.717) is 22.9 Å². The predicted molar refractivity (Wildman–Crippen MR) is 93.3 cm³/mol. The molecule has 1 aromatic carbocycles. The molecule has 3 N–H and O–H groups in total. The van der Waals surface area contributed by atoms with Crippen LogP contribution in [0.2, 0.25) is 5.02 Å². The third-order valence-corrected chi connectivity index (χ3v) is 4.03. The Morgan fingerprint density at radius 1 is 1.33 bits per heavy atom. The van der Waals surface area contributed by atoms with Crippen LogP contribution in [0, 0.1) is 0 Å². The third-order valence-electron chi connectivity index (χ3n) is 3.73. The molecule has 0 unspecified atom stereocenters. The molecule has 0 spiro atoms. The molecule has 6 nitrogen and oxygen atoms in total. The number of benzene rings is 1. The van der Waals surface area contributed by atoms with Gasteiger partial charge in [0.2, 0.25) is 0 Å². The first kappa shape index (κ1) is 16.3. The SMILES string of the molecule is NC1=N[C@@H](CCc2ccc(NC(=O)c3ccncc3Cl)cc2)CO1. The maximum atomic E-state index is 12.2. The van der Waals surface area contributed by atoms with Crippen LogP contribution in [0.1, 0.15) is 22.3 Å². The number of amides is 1. The van der Waals surface area contributed by atoms with E-state index in [4.69, 9.17) is 22.1 Å². The number of ether oxygens (including phenoxy) is 1. The van der Waals surface area contributed by atoms with Gasteiger partial charge in [-0.15, -0.1) is 0 Å². The molecule has 2 aromatic rings. The van der Waals surface area contributed by atoms with Crippen LogP contribution in [0.15, 0.2) is 47.7 Å². The molecule has 1 atom stereocenters. The second-order valence-electron chi connectivity index (χ2n) is 5.48. The summed E-state index contributed by atoms with van der Waals surface area (Å²) in [5.41, 5.74) is 7.76. The lowest BCUT2D eigenvalue weighted by atomic mass is 10.1. The monoisotopic (exact) mass is 344 g/mol. The molecule has 1 amide bonds. The van der Waals surface area contributed by atoms with Crippen LogP contribution in [-0.4, -0.2) is 29.6 Å². The second kappa shape index (κ2) is 7.31. The fourth-order valence-electron chi connectivity index (χ4n) is 2.43. The minimum Gasteiger partial charge on any atom is -0.463 e. The van der Waals surface area contributed by atoms with Crippen molar-refractivity contribution in [3.8, 4) is 0 Å². The standard InChI is InChI=1S/C17H17ClN4O2/c18-15-9-20-8-7-14(15)16(23)21-12-4-1-11(2-5-12)3-6-13-10-24-17(19)22-13/h1-2,4-5,7-9,13H,3,6,10H2,(H2,19,22)(H,21,23)/t13-/m0/s1. The maximum Gasteiger partial charge on any atom is 0.282 e. The summed E-state index contributed by atoms with van der Waals surface area (Å²) in [7, 11) is 0. The van der Waals surface area contributed by atoms with Crippen LogP contribution in [0.25, 0.3) is 0 Å². The summed E-state index contributed by atoms with van der Waals surface area (Å²) in [5, 5.41) is 3.14. The Labute approximate surface area is 144 Å². The van der Waals surface area contributed by atoms with E-state index in [2.05, 4.69) is 15.3 Å².